The van der Waals surface area contributed by atoms with E-state index in [0.29, 0.717) is 6.04 Å². The van der Waals surface area contributed by atoms with Gasteiger partial charge in [-0.05, 0) is 29.7 Å². The summed E-state index contributed by atoms with van der Waals surface area (Å²) in [5, 5.41) is 2.32. The molecule has 3 rings (SSSR count). The summed E-state index contributed by atoms with van der Waals surface area (Å²) in [4.78, 5) is 0. The molecule has 0 amide bonds. The predicted molar refractivity (Wildman–Crippen MR) is 61.1 cm³/mol. The number of nitrogens with one attached hydrogen (secondary N) is 1. The fourth-order valence-corrected chi connectivity index (χ4v) is 2.46. The number of nitrogens with zero attached hydrogens (tertiary/aromatic N) is 1. The van der Waals surface area contributed by atoms with E-state index in [0.717, 1.165) is 18.8 Å². The Morgan fingerprint density at radius 3 is 3.13 bits per heavy atom. The summed E-state index contributed by atoms with van der Waals surface area (Å²) in [6.45, 7) is 2.12. The first-order valence-electron chi connectivity index (χ1n) is 5.05. The Hall–Kier alpha value is -0.770. The SMILES string of the molecule is COc1ccc2c(c1)CN1NCCC21.Cl. The van der Waals surface area contributed by atoms with Crippen molar-refractivity contribution in [2.24, 2.45) is 0 Å². The standard InChI is InChI=1S/C11H14N2O.ClH/c1-14-9-2-3-10-8(6-9)7-13-11(10)4-5-12-13;/h2-3,6,11-12H,4-5,7H2,1H3;1H. The van der Waals surface area contributed by atoms with Gasteiger partial charge in [-0.1, -0.05) is 6.07 Å². The minimum atomic E-state index is 0. The number of rotatable bonds is 1. The second-order valence-electron chi connectivity index (χ2n) is 3.91. The third kappa shape index (κ3) is 1.61. The molecule has 0 bridgehead atoms. The highest BCUT2D eigenvalue weighted by Gasteiger charge is 2.33. The Morgan fingerprint density at radius 2 is 2.33 bits per heavy atom. The molecule has 0 radical (unpaired) electrons. The van der Waals surface area contributed by atoms with Crippen molar-refractivity contribution in [3.8, 4) is 5.75 Å². The van der Waals surface area contributed by atoms with Crippen molar-refractivity contribution in [3.63, 3.8) is 0 Å². The maximum atomic E-state index is 5.22. The number of methoxy groups -OCH3 is 1. The van der Waals surface area contributed by atoms with Crippen molar-refractivity contribution in [1.82, 2.24) is 10.4 Å². The third-order valence-corrected chi connectivity index (χ3v) is 3.16. The molecule has 2 heterocycles. The van der Waals surface area contributed by atoms with Crippen LogP contribution in [-0.4, -0.2) is 18.7 Å². The van der Waals surface area contributed by atoms with Crippen LogP contribution in [0.2, 0.25) is 0 Å². The van der Waals surface area contributed by atoms with Gasteiger partial charge in [0.15, 0.2) is 0 Å². The van der Waals surface area contributed by atoms with Crippen LogP contribution in [-0.2, 0) is 6.54 Å². The average molecular weight is 227 g/mol. The summed E-state index contributed by atoms with van der Waals surface area (Å²) in [7, 11) is 1.72. The fourth-order valence-electron chi connectivity index (χ4n) is 2.46. The van der Waals surface area contributed by atoms with Gasteiger partial charge < -0.3 is 4.74 Å². The van der Waals surface area contributed by atoms with Crippen molar-refractivity contribution >= 4 is 12.4 Å². The first-order chi connectivity index (χ1) is 6.88. The maximum Gasteiger partial charge on any atom is 0.119 e. The minimum Gasteiger partial charge on any atom is -0.497 e. The topological polar surface area (TPSA) is 24.5 Å². The molecular formula is C11H15ClN2O. The smallest absolute Gasteiger partial charge is 0.119 e. The lowest BCUT2D eigenvalue weighted by molar-refractivity contribution is 0.204. The molecule has 1 saturated heterocycles. The molecule has 0 aromatic heterocycles. The van der Waals surface area contributed by atoms with Crippen molar-refractivity contribution in [2.45, 2.75) is 19.0 Å². The van der Waals surface area contributed by atoms with Gasteiger partial charge in [-0.3, -0.25) is 5.43 Å². The van der Waals surface area contributed by atoms with Crippen LogP contribution in [0, 0.1) is 0 Å². The molecule has 0 spiro atoms. The highest BCUT2D eigenvalue weighted by Crippen LogP contribution is 2.38. The fraction of sp³-hybridized carbons (Fsp3) is 0.455. The maximum absolute atomic E-state index is 5.22. The van der Waals surface area contributed by atoms with E-state index in [1.54, 1.807) is 7.11 Å². The molecule has 1 aromatic rings. The molecule has 0 saturated carbocycles. The normalized spacial score (nSPS) is 23.1. The largest absolute Gasteiger partial charge is 0.497 e. The average Bonchev–Trinajstić information content (AvgIpc) is 2.75. The number of hydrazine groups is 1. The quantitative estimate of drug-likeness (QED) is 0.792. The van der Waals surface area contributed by atoms with E-state index in [4.69, 9.17) is 4.74 Å². The van der Waals surface area contributed by atoms with Gasteiger partial charge in [0.2, 0.25) is 0 Å². The first kappa shape index (κ1) is 10.7. The molecule has 3 nitrogen and oxygen atoms in total. The number of benzene rings is 1. The monoisotopic (exact) mass is 226 g/mol. The van der Waals surface area contributed by atoms with E-state index in [-0.39, 0.29) is 12.4 Å². The molecule has 0 aliphatic carbocycles. The molecule has 1 atom stereocenters. The van der Waals surface area contributed by atoms with E-state index in [9.17, 15) is 0 Å². The number of fused-ring (bicyclic) bond motifs is 3. The molecule has 82 valence electrons. The lowest BCUT2D eigenvalue weighted by Crippen LogP contribution is -2.27. The van der Waals surface area contributed by atoms with Gasteiger partial charge in [0.05, 0.1) is 13.2 Å². The van der Waals surface area contributed by atoms with E-state index < -0.39 is 0 Å². The lowest BCUT2D eigenvalue weighted by Gasteiger charge is -2.13. The predicted octanol–water partition coefficient (Wildman–Crippen LogP) is 1.88. The van der Waals surface area contributed by atoms with Gasteiger partial charge in [0, 0.05) is 13.1 Å². The van der Waals surface area contributed by atoms with Crippen LogP contribution in [0.5, 0.6) is 5.75 Å². The molecule has 1 aromatic carbocycles. The van der Waals surface area contributed by atoms with Crippen molar-refractivity contribution in [2.75, 3.05) is 13.7 Å². The van der Waals surface area contributed by atoms with Crippen molar-refractivity contribution < 1.29 is 4.74 Å². The summed E-state index contributed by atoms with van der Waals surface area (Å²) < 4.78 is 5.22. The van der Waals surface area contributed by atoms with Crippen LogP contribution in [0.25, 0.3) is 0 Å². The van der Waals surface area contributed by atoms with Gasteiger partial charge >= 0.3 is 0 Å². The summed E-state index contributed by atoms with van der Waals surface area (Å²) >= 11 is 0. The minimum absolute atomic E-state index is 0. The Kier molecular flexibility index (Phi) is 2.87. The van der Waals surface area contributed by atoms with Crippen LogP contribution < -0.4 is 10.2 Å². The number of hydrogen-bond acceptors (Lipinski definition) is 3. The summed E-state index contributed by atoms with van der Waals surface area (Å²) in [5.74, 6) is 0.963. The molecule has 1 N–H and O–H groups in total. The van der Waals surface area contributed by atoms with Gasteiger partial charge in [0.25, 0.3) is 0 Å². The Labute approximate surface area is 95.8 Å². The van der Waals surface area contributed by atoms with Crippen molar-refractivity contribution in [1.29, 1.82) is 0 Å². The Morgan fingerprint density at radius 1 is 1.47 bits per heavy atom. The molecule has 1 unspecified atom stereocenters. The summed E-state index contributed by atoms with van der Waals surface area (Å²) in [6.07, 6.45) is 1.22. The van der Waals surface area contributed by atoms with Crippen LogP contribution in [0.15, 0.2) is 18.2 Å². The van der Waals surface area contributed by atoms with Gasteiger partial charge in [-0.25, -0.2) is 5.01 Å². The molecule has 4 heteroatoms. The second-order valence-corrected chi connectivity index (χ2v) is 3.91. The van der Waals surface area contributed by atoms with Gasteiger partial charge in [-0.2, -0.15) is 0 Å². The number of hydrogen-bond donors (Lipinski definition) is 1. The zero-order valence-corrected chi connectivity index (χ0v) is 9.51. The van der Waals surface area contributed by atoms with E-state index >= 15 is 0 Å². The van der Waals surface area contributed by atoms with Crippen LogP contribution in [0.4, 0.5) is 0 Å². The van der Waals surface area contributed by atoms with Crippen LogP contribution in [0.1, 0.15) is 23.6 Å². The van der Waals surface area contributed by atoms with Crippen molar-refractivity contribution in [3.05, 3.63) is 29.3 Å². The summed E-state index contributed by atoms with van der Waals surface area (Å²) in [6, 6.07) is 7.00. The van der Waals surface area contributed by atoms with Crippen LogP contribution >= 0.6 is 12.4 Å². The van der Waals surface area contributed by atoms with Gasteiger partial charge in [0.1, 0.15) is 5.75 Å². The zero-order chi connectivity index (χ0) is 9.54. The molecule has 15 heavy (non-hydrogen) atoms. The Bertz CT molecular complexity index is 370. The summed E-state index contributed by atoms with van der Waals surface area (Å²) in [5.41, 5.74) is 6.27. The van der Waals surface area contributed by atoms with E-state index in [1.807, 2.05) is 0 Å². The number of ether oxygens (including phenoxy) is 1. The molecule has 1 fully saturated rings. The van der Waals surface area contributed by atoms with E-state index in [2.05, 4.69) is 28.6 Å². The molecule has 2 aliphatic rings. The lowest BCUT2D eigenvalue weighted by atomic mass is 10.0. The third-order valence-electron chi connectivity index (χ3n) is 3.16. The highest BCUT2D eigenvalue weighted by atomic mass is 35.5. The zero-order valence-electron chi connectivity index (χ0n) is 8.69. The molecule has 2 aliphatic heterocycles. The second kappa shape index (κ2) is 4.00. The first-order valence-corrected chi connectivity index (χ1v) is 5.05. The van der Waals surface area contributed by atoms with Gasteiger partial charge in [-0.15, -0.1) is 12.4 Å². The number of halogens is 1. The Balaban J connectivity index is 0.000000853. The van der Waals surface area contributed by atoms with E-state index in [1.165, 1.54) is 17.5 Å². The molecular weight excluding hydrogens is 212 g/mol. The van der Waals surface area contributed by atoms with Crippen LogP contribution in [0.3, 0.4) is 0 Å². The highest BCUT2D eigenvalue weighted by molar-refractivity contribution is 5.85.